The van der Waals surface area contributed by atoms with E-state index in [0.29, 0.717) is 25.7 Å². The molecule has 4 rings (SSSR count). The molecule has 0 unspecified atom stereocenters. The van der Waals surface area contributed by atoms with Crippen LogP contribution in [0.5, 0.6) is 17.4 Å². The summed E-state index contributed by atoms with van der Waals surface area (Å²) in [5.74, 6) is 2.97. The van der Waals surface area contributed by atoms with Crippen molar-refractivity contribution >= 4 is 5.82 Å². The molecule has 2 aliphatic heterocycles. The van der Waals surface area contributed by atoms with Gasteiger partial charge in [0.15, 0.2) is 5.82 Å². The zero-order valence-electron chi connectivity index (χ0n) is 17.5. The van der Waals surface area contributed by atoms with Crippen molar-refractivity contribution in [2.45, 2.75) is 12.8 Å². The number of piperazine rings is 1. The number of rotatable bonds is 10. The molecule has 0 radical (unpaired) electrons. The summed E-state index contributed by atoms with van der Waals surface area (Å²) in [4.78, 5) is 13.5. The third kappa shape index (κ3) is 5.96. The van der Waals surface area contributed by atoms with Gasteiger partial charge in [0.25, 0.3) is 5.88 Å². The van der Waals surface area contributed by atoms with Gasteiger partial charge in [0.05, 0.1) is 0 Å². The summed E-state index contributed by atoms with van der Waals surface area (Å²) in [6.45, 7) is 8.56. The highest BCUT2D eigenvalue weighted by atomic mass is 16.5. The molecule has 8 heteroatoms. The van der Waals surface area contributed by atoms with E-state index in [2.05, 4.69) is 25.1 Å². The first kappa shape index (κ1) is 20.7. The summed E-state index contributed by atoms with van der Waals surface area (Å²) >= 11 is 0. The van der Waals surface area contributed by atoms with Gasteiger partial charge in [-0.15, -0.1) is 0 Å². The van der Waals surface area contributed by atoms with Crippen molar-refractivity contribution in [3.63, 3.8) is 0 Å². The zero-order chi connectivity index (χ0) is 20.4. The van der Waals surface area contributed by atoms with Crippen LogP contribution in [-0.2, 0) is 0 Å². The number of anilines is 1. The quantitative estimate of drug-likeness (QED) is 0.592. The highest BCUT2D eigenvalue weighted by Crippen LogP contribution is 2.23. The number of likely N-dealkylation sites (tertiary alicyclic amines) is 1. The van der Waals surface area contributed by atoms with Crippen LogP contribution < -0.4 is 24.4 Å². The van der Waals surface area contributed by atoms with E-state index >= 15 is 0 Å². The third-order valence-corrected chi connectivity index (χ3v) is 5.33. The van der Waals surface area contributed by atoms with Crippen LogP contribution in [0.4, 0.5) is 5.82 Å². The molecule has 0 saturated carbocycles. The molecule has 2 saturated heterocycles. The fourth-order valence-electron chi connectivity index (χ4n) is 3.76. The van der Waals surface area contributed by atoms with Crippen molar-refractivity contribution in [1.29, 1.82) is 0 Å². The van der Waals surface area contributed by atoms with Gasteiger partial charge < -0.3 is 24.4 Å². The number of nitrogens with zero attached hydrogens (tertiary/aromatic N) is 4. The van der Waals surface area contributed by atoms with Crippen LogP contribution in [0.2, 0.25) is 0 Å². The van der Waals surface area contributed by atoms with E-state index in [1.807, 2.05) is 24.3 Å². The largest absolute Gasteiger partial charge is 0.492 e. The van der Waals surface area contributed by atoms with Crippen LogP contribution >= 0.6 is 0 Å². The van der Waals surface area contributed by atoms with Gasteiger partial charge in [-0.25, -0.2) is 9.97 Å². The number of benzene rings is 1. The van der Waals surface area contributed by atoms with Gasteiger partial charge in [0, 0.05) is 51.2 Å². The summed E-state index contributed by atoms with van der Waals surface area (Å²) < 4.78 is 17.6. The fourth-order valence-corrected chi connectivity index (χ4v) is 3.76. The molecule has 1 aromatic heterocycles. The Kier molecular flexibility index (Phi) is 7.57. The number of hydrogen-bond acceptors (Lipinski definition) is 8. The van der Waals surface area contributed by atoms with E-state index in [-0.39, 0.29) is 0 Å². The van der Waals surface area contributed by atoms with Gasteiger partial charge in [0.1, 0.15) is 31.3 Å². The van der Waals surface area contributed by atoms with Crippen LogP contribution in [-0.4, -0.2) is 80.5 Å². The van der Waals surface area contributed by atoms with Crippen molar-refractivity contribution in [3.05, 3.63) is 36.7 Å². The first-order valence-electron chi connectivity index (χ1n) is 10.9. The number of hydrogen-bond donors (Lipinski definition) is 1. The molecule has 2 fully saturated rings. The molecule has 2 aliphatic rings. The Hall–Kier alpha value is -2.58. The Bertz CT molecular complexity index is 779. The fraction of sp³-hybridized carbons (Fsp3) is 0.545. The van der Waals surface area contributed by atoms with Gasteiger partial charge in [-0.1, -0.05) is 6.07 Å². The van der Waals surface area contributed by atoms with E-state index < -0.39 is 0 Å². The van der Waals surface area contributed by atoms with Crippen molar-refractivity contribution in [2.75, 3.05) is 70.5 Å². The average Bonchev–Trinajstić information content (AvgIpc) is 3.32. The maximum atomic E-state index is 5.89. The average molecular weight is 414 g/mol. The van der Waals surface area contributed by atoms with Crippen molar-refractivity contribution in [2.24, 2.45) is 0 Å². The summed E-state index contributed by atoms with van der Waals surface area (Å²) in [5, 5.41) is 3.34. The monoisotopic (exact) mass is 413 g/mol. The third-order valence-electron chi connectivity index (χ3n) is 5.33. The van der Waals surface area contributed by atoms with E-state index in [9.17, 15) is 0 Å². The second kappa shape index (κ2) is 11.0. The minimum Gasteiger partial charge on any atom is -0.492 e. The SMILES string of the molecule is c1cc(OCCOc2nccnc2N2CCNCC2)cc(OCCN2CCCC2)c1. The second-order valence-corrected chi connectivity index (χ2v) is 7.49. The van der Waals surface area contributed by atoms with Crippen molar-refractivity contribution in [1.82, 2.24) is 20.2 Å². The van der Waals surface area contributed by atoms with Gasteiger partial charge in [0.2, 0.25) is 0 Å². The lowest BCUT2D eigenvalue weighted by Crippen LogP contribution is -2.44. The number of ether oxygens (including phenoxy) is 3. The van der Waals surface area contributed by atoms with E-state index in [1.54, 1.807) is 12.4 Å². The van der Waals surface area contributed by atoms with E-state index in [1.165, 1.54) is 25.9 Å². The maximum Gasteiger partial charge on any atom is 0.257 e. The molecular weight excluding hydrogens is 382 g/mol. The molecular formula is C22H31N5O3. The predicted octanol–water partition coefficient (Wildman–Crippen LogP) is 1.82. The Morgan fingerprint density at radius 1 is 0.833 bits per heavy atom. The standard InChI is InChI=1S/C22H31N5O3/c1-2-11-26(10-1)14-15-28-19-4-3-5-20(18-19)29-16-17-30-22-21(24-6-7-25-22)27-12-8-23-9-13-27/h3-7,18,23H,1-2,8-17H2. The first-order valence-corrected chi connectivity index (χ1v) is 10.9. The van der Waals surface area contributed by atoms with Crippen molar-refractivity contribution in [3.8, 4) is 17.4 Å². The van der Waals surface area contributed by atoms with Gasteiger partial charge in [-0.3, -0.25) is 4.90 Å². The van der Waals surface area contributed by atoms with Crippen LogP contribution in [0.1, 0.15) is 12.8 Å². The van der Waals surface area contributed by atoms with E-state index in [0.717, 1.165) is 50.0 Å². The molecule has 1 N–H and O–H groups in total. The maximum absolute atomic E-state index is 5.89. The lowest BCUT2D eigenvalue weighted by Gasteiger charge is -2.28. The Morgan fingerprint density at radius 3 is 2.33 bits per heavy atom. The van der Waals surface area contributed by atoms with Gasteiger partial charge >= 0.3 is 0 Å². The normalized spacial score (nSPS) is 17.1. The summed E-state index contributed by atoms with van der Waals surface area (Å²) in [6, 6.07) is 7.78. The van der Waals surface area contributed by atoms with Crippen molar-refractivity contribution < 1.29 is 14.2 Å². The number of nitrogens with one attached hydrogen (secondary N) is 1. The molecule has 0 aliphatic carbocycles. The van der Waals surface area contributed by atoms with Crippen LogP contribution in [0, 0.1) is 0 Å². The topological polar surface area (TPSA) is 72.0 Å². The molecule has 162 valence electrons. The predicted molar refractivity (Wildman–Crippen MR) is 116 cm³/mol. The molecule has 0 amide bonds. The zero-order valence-corrected chi connectivity index (χ0v) is 17.5. The Labute approximate surface area is 178 Å². The lowest BCUT2D eigenvalue weighted by molar-refractivity contribution is 0.209. The van der Waals surface area contributed by atoms with Crippen LogP contribution in [0.25, 0.3) is 0 Å². The molecule has 2 aromatic rings. The van der Waals surface area contributed by atoms with E-state index in [4.69, 9.17) is 14.2 Å². The summed E-state index contributed by atoms with van der Waals surface area (Å²) in [6.07, 6.45) is 5.97. The number of aromatic nitrogens is 2. The molecule has 0 atom stereocenters. The van der Waals surface area contributed by atoms with Crippen LogP contribution in [0.15, 0.2) is 36.7 Å². The second-order valence-electron chi connectivity index (χ2n) is 7.49. The highest BCUT2D eigenvalue weighted by molar-refractivity contribution is 5.48. The molecule has 30 heavy (non-hydrogen) atoms. The smallest absolute Gasteiger partial charge is 0.257 e. The summed E-state index contributed by atoms with van der Waals surface area (Å²) in [7, 11) is 0. The van der Waals surface area contributed by atoms with Gasteiger partial charge in [-0.05, 0) is 38.1 Å². The highest BCUT2D eigenvalue weighted by Gasteiger charge is 2.17. The molecule has 3 heterocycles. The summed E-state index contributed by atoms with van der Waals surface area (Å²) in [5.41, 5.74) is 0. The Morgan fingerprint density at radius 2 is 1.53 bits per heavy atom. The van der Waals surface area contributed by atoms with Crippen LogP contribution in [0.3, 0.4) is 0 Å². The van der Waals surface area contributed by atoms with Gasteiger partial charge in [-0.2, -0.15) is 0 Å². The molecule has 1 aromatic carbocycles. The first-order chi connectivity index (χ1) is 14.9. The molecule has 0 spiro atoms. The Balaban J connectivity index is 1.21. The molecule has 0 bridgehead atoms. The minimum atomic E-state index is 0.401. The lowest BCUT2D eigenvalue weighted by atomic mass is 10.3. The minimum absolute atomic E-state index is 0.401. The molecule has 8 nitrogen and oxygen atoms in total.